The van der Waals surface area contributed by atoms with Crippen LogP contribution in [0.1, 0.15) is 36.8 Å². The second-order valence-electron chi connectivity index (χ2n) is 5.33. The summed E-state index contributed by atoms with van der Waals surface area (Å²) in [6.07, 6.45) is 4.01. The van der Waals surface area contributed by atoms with Crippen LogP contribution in [0.5, 0.6) is 11.5 Å². The van der Waals surface area contributed by atoms with Gasteiger partial charge in [-0.3, -0.25) is 4.79 Å². The number of hydrogen-bond acceptors (Lipinski definition) is 6. The standard InChI is InChI=1S/C17H23N3O3S/c1-4-5-6-16-19-20-17(24-16)18-15(21)10-7-12-11-13(22-2)8-9-14(12)23-3/h8-9,11H,4-7,10H2,1-3H3,(H,18,20,21). The Morgan fingerprint density at radius 1 is 1.21 bits per heavy atom. The number of anilines is 1. The summed E-state index contributed by atoms with van der Waals surface area (Å²) in [6, 6.07) is 5.57. The number of carbonyl (C=O) groups is 1. The van der Waals surface area contributed by atoms with Crippen molar-refractivity contribution in [3.8, 4) is 11.5 Å². The lowest BCUT2D eigenvalue weighted by Gasteiger charge is -2.10. The average Bonchev–Trinajstić information content (AvgIpc) is 3.05. The molecular weight excluding hydrogens is 326 g/mol. The van der Waals surface area contributed by atoms with E-state index in [1.807, 2.05) is 18.2 Å². The lowest BCUT2D eigenvalue weighted by atomic mass is 10.1. The van der Waals surface area contributed by atoms with Gasteiger partial charge < -0.3 is 14.8 Å². The molecule has 2 aromatic rings. The number of ether oxygens (including phenoxy) is 2. The van der Waals surface area contributed by atoms with Gasteiger partial charge in [0.25, 0.3) is 0 Å². The Morgan fingerprint density at radius 2 is 2.04 bits per heavy atom. The van der Waals surface area contributed by atoms with Crippen molar-refractivity contribution in [1.29, 1.82) is 0 Å². The number of nitrogens with zero attached hydrogens (tertiary/aromatic N) is 2. The maximum atomic E-state index is 12.1. The molecule has 1 amide bonds. The van der Waals surface area contributed by atoms with Crippen LogP contribution >= 0.6 is 11.3 Å². The molecule has 0 bridgehead atoms. The first-order valence-electron chi connectivity index (χ1n) is 7.99. The van der Waals surface area contributed by atoms with E-state index in [0.29, 0.717) is 18.0 Å². The van der Waals surface area contributed by atoms with Crippen LogP contribution in [0.4, 0.5) is 5.13 Å². The smallest absolute Gasteiger partial charge is 0.226 e. The second kappa shape index (κ2) is 9.22. The monoisotopic (exact) mass is 349 g/mol. The molecule has 0 fully saturated rings. The summed E-state index contributed by atoms with van der Waals surface area (Å²) in [4.78, 5) is 12.1. The van der Waals surface area contributed by atoms with E-state index in [4.69, 9.17) is 9.47 Å². The van der Waals surface area contributed by atoms with Crippen molar-refractivity contribution in [2.24, 2.45) is 0 Å². The highest BCUT2D eigenvalue weighted by Gasteiger charge is 2.11. The van der Waals surface area contributed by atoms with Crippen molar-refractivity contribution in [2.45, 2.75) is 39.0 Å². The molecule has 2 rings (SSSR count). The number of benzene rings is 1. The Labute approximate surface area is 146 Å². The minimum atomic E-state index is -0.0851. The van der Waals surface area contributed by atoms with Gasteiger partial charge in [0.05, 0.1) is 14.2 Å². The van der Waals surface area contributed by atoms with Gasteiger partial charge >= 0.3 is 0 Å². The molecule has 0 aliphatic rings. The number of aryl methyl sites for hydroxylation is 2. The maximum absolute atomic E-state index is 12.1. The number of unbranched alkanes of at least 4 members (excludes halogenated alkanes) is 1. The van der Waals surface area contributed by atoms with E-state index in [9.17, 15) is 4.79 Å². The summed E-state index contributed by atoms with van der Waals surface area (Å²) < 4.78 is 10.5. The van der Waals surface area contributed by atoms with Crippen LogP contribution in [-0.4, -0.2) is 30.3 Å². The molecule has 0 saturated carbocycles. The SMILES string of the molecule is CCCCc1nnc(NC(=O)CCc2cc(OC)ccc2OC)s1. The topological polar surface area (TPSA) is 73.3 Å². The first-order valence-corrected chi connectivity index (χ1v) is 8.81. The second-order valence-corrected chi connectivity index (χ2v) is 6.39. The zero-order chi connectivity index (χ0) is 17.4. The quantitative estimate of drug-likeness (QED) is 0.750. The van der Waals surface area contributed by atoms with E-state index in [2.05, 4.69) is 22.4 Å². The van der Waals surface area contributed by atoms with Crippen LogP contribution in [0.3, 0.4) is 0 Å². The van der Waals surface area contributed by atoms with Crippen molar-refractivity contribution < 1.29 is 14.3 Å². The lowest BCUT2D eigenvalue weighted by molar-refractivity contribution is -0.116. The molecule has 1 aromatic heterocycles. The maximum Gasteiger partial charge on any atom is 0.226 e. The fraction of sp³-hybridized carbons (Fsp3) is 0.471. The van der Waals surface area contributed by atoms with E-state index in [0.717, 1.165) is 41.3 Å². The van der Waals surface area contributed by atoms with Gasteiger partial charge in [-0.15, -0.1) is 10.2 Å². The Balaban J connectivity index is 1.90. The van der Waals surface area contributed by atoms with Gasteiger partial charge in [0.15, 0.2) is 0 Å². The van der Waals surface area contributed by atoms with E-state index >= 15 is 0 Å². The van der Waals surface area contributed by atoms with E-state index in [1.165, 1.54) is 11.3 Å². The molecule has 0 aliphatic heterocycles. The van der Waals surface area contributed by atoms with Crippen LogP contribution in [0, 0.1) is 0 Å². The summed E-state index contributed by atoms with van der Waals surface area (Å²) in [7, 11) is 3.23. The summed E-state index contributed by atoms with van der Waals surface area (Å²) in [6.45, 7) is 2.14. The number of rotatable bonds is 9. The van der Waals surface area contributed by atoms with Gasteiger partial charge in [-0.25, -0.2) is 0 Å². The van der Waals surface area contributed by atoms with Gasteiger partial charge in [-0.05, 0) is 36.6 Å². The molecular formula is C17H23N3O3S. The summed E-state index contributed by atoms with van der Waals surface area (Å²) in [5.74, 6) is 1.41. The molecule has 0 spiro atoms. The number of aromatic nitrogens is 2. The minimum absolute atomic E-state index is 0.0851. The van der Waals surface area contributed by atoms with Gasteiger partial charge in [0.1, 0.15) is 16.5 Å². The number of amides is 1. The highest BCUT2D eigenvalue weighted by atomic mass is 32.1. The molecule has 1 heterocycles. The third-order valence-corrected chi connectivity index (χ3v) is 4.46. The van der Waals surface area contributed by atoms with Crippen LogP contribution in [-0.2, 0) is 17.6 Å². The van der Waals surface area contributed by atoms with Crippen molar-refractivity contribution in [3.63, 3.8) is 0 Å². The molecule has 130 valence electrons. The van der Waals surface area contributed by atoms with E-state index < -0.39 is 0 Å². The van der Waals surface area contributed by atoms with Crippen LogP contribution < -0.4 is 14.8 Å². The van der Waals surface area contributed by atoms with Gasteiger partial charge in [-0.1, -0.05) is 24.7 Å². The predicted molar refractivity (Wildman–Crippen MR) is 95.0 cm³/mol. The number of nitrogens with one attached hydrogen (secondary N) is 1. The normalized spacial score (nSPS) is 10.5. The van der Waals surface area contributed by atoms with Crippen molar-refractivity contribution in [3.05, 3.63) is 28.8 Å². The largest absolute Gasteiger partial charge is 0.497 e. The van der Waals surface area contributed by atoms with Gasteiger partial charge in [0, 0.05) is 12.8 Å². The first-order chi connectivity index (χ1) is 11.7. The Hall–Kier alpha value is -2.15. The zero-order valence-electron chi connectivity index (χ0n) is 14.3. The fourth-order valence-electron chi connectivity index (χ4n) is 2.24. The summed E-state index contributed by atoms with van der Waals surface area (Å²) in [5.41, 5.74) is 0.938. The molecule has 1 aromatic carbocycles. The van der Waals surface area contributed by atoms with E-state index in [1.54, 1.807) is 14.2 Å². The van der Waals surface area contributed by atoms with Crippen molar-refractivity contribution in [2.75, 3.05) is 19.5 Å². The lowest BCUT2D eigenvalue weighted by Crippen LogP contribution is -2.12. The van der Waals surface area contributed by atoms with Gasteiger partial charge in [-0.2, -0.15) is 0 Å². The summed E-state index contributed by atoms with van der Waals surface area (Å²) in [5, 5.41) is 12.4. The Bertz CT molecular complexity index is 673. The molecule has 24 heavy (non-hydrogen) atoms. The number of hydrogen-bond donors (Lipinski definition) is 1. The number of carbonyl (C=O) groups excluding carboxylic acids is 1. The van der Waals surface area contributed by atoms with Crippen LogP contribution in [0.2, 0.25) is 0 Å². The third kappa shape index (κ3) is 5.19. The molecule has 0 atom stereocenters. The summed E-state index contributed by atoms with van der Waals surface area (Å²) >= 11 is 1.44. The molecule has 0 unspecified atom stereocenters. The molecule has 0 aliphatic carbocycles. The third-order valence-electron chi connectivity index (χ3n) is 3.57. The van der Waals surface area contributed by atoms with Gasteiger partial charge in [0.2, 0.25) is 11.0 Å². The first kappa shape index (κ1) is 18.2. The van der Waals surface area contributed by atoms with E-state index in [-0.39, 0.29) is 5.91 Å². The van der Waals surface area contributed by atoms with Crippen LogP contribution in [0.15, 0.2) is 18.2 Å². The fourth-order valence-corrected chi connectivity index (χ4v) is 3.04. The molecule has 1 N–H and O–H groups in total. The molecule has 0 saturated heterocycles. The number of methoxy groups -OCH3 is 2. The highest BCUT2D eigenvalue weighted by molar-refractivity contribution is 7.15. The van der Waals surface area contributed by atoms with Crippen LogP contribution in [0.25, 0.3) is 0 Å². The minimum Gasteiger partial charge on any atom is -0.497 e. The average molecular weight is 349 g/mol. The zero-order valence-corrected chi connectivity index (χ0v) is 15.1. The predicted octanol–water partition coefficient (Wildman–Crippen LogP) is 3.47. The Kier molecular flexibility index (Phi) is 6.99. The molecule has 7 heteroatoms. The van der Waals surface area contributed by atoms with Crippen molar-refractivity contribution in [1.82, 2.24) is 10.2 Å². The Morgan fingerprint density at radius 3 is 2.75 bits per heavy atom. The van der Waals surface area contributed by atoms with Crippen molar-refractivity contribution >= 4 is 22.4 Å². The molecule has 6 nitrogen and oxygen atoms in total. The highest BCUT2D eigenvalue weighted by Crippen LogP contribution is 2.25. The molecule has 0 radical (unpaired) electrons.